The Labute approximate surface area is 270 Å². The highest BCUT2D eigenvalue weighted by Gasteiger charge is 2.51. The third kappa shape index (κ3) is 3.35. The fraction of sp³-hybridized carbons (Fsp3) is 0.0667. The highest BCUT2D eigenvalue weighted by atomic mass is 15.2. The van der Waals surface area contributed by atoms with E-state index in [2.05, 4.69) is 175 Å². The third-order valence-electron chi connectivity index (χ3n) is 10.6. The van der Waals surface area contributed by atoms with Crippen molar-refractivity contribution in [2.24, 2.45) is 0 Å². The van der Waals surface area contributed by atoms with Crippen molar-refractivity contribution in [1.29, 1.82) is 0 Å². The van der Waals surface area contributed by atoms with Crippen LogP contribution in [0.5, 0.6) is 0 Å². The average molecular weight is 586 g/mol. The molecule has 1 spiro atoms. The van der Waals surface area contributed by atoms with E-state index in [-0.39, 0.29) is 11.3 Å². The second-order valence-electron chi connectivity index (χ2n) is 12.8. The lowest BCUT2D eigenvalue weighted by molar-refractivity contribution is 0.786. The maximum atomic E-state index is 2.51. The molecule has 0 fully saturated rings. The summed E-state index contributed by atoms with van der Waals surface area (Å²) in [5.41, 5.74) is 18.3. The molecule has 1 heteroatoms. The van der Waals surface area contributed by atoms with Crippen LogP contribution >= 0.6 is 0 Å². The summed E-state index contributed by atoms with van der Waals surface area (Å²) in [7, 11) is 0. The molecule has 0 saturated carbocycles. The third-order valence-corrected chi connectivity index (χ3v) is 10.6. The van der Waals surface area contributed by atoms with E-state index in [1.807, 2.05) is 0 Å². The van der Waals surface area contributed by atoms with Gasteiger partial charge in [0.15, 0.2) is 0 Å². The molecular weight excluding hydrogens is 555 g/mol. The van der Waals surface area contributed by atoms with Gasteiger partial charge >= 0.3 is 0 Å². The Morgan fingerprint density at radius 2 is 0.870 bits per heavy atom. The van der Waals surface area contributed by atoms with Crippen LogP contribution in [0.1, 0.15) is 44.9 Å². The van der Waals surface area contributed by atoms with Crippen molar-refractivity contribution < 1.29 is 0 Å². The summed E-state index contributed by atoms with van der Waals surface area (Å²) < 4.78 is 0. The Bertz CT molecular complexity index is 2200. The Morgan fingerprint density at radius 1 is 0.413 bits per heavy atom. The van der Waals surface area contributed by atoms with Crippen LogP contribution in [0.2, 0.25) is 0 Å². The van der Waals surface area contributed by atoms with E-state index in [1.54, 1.807) is 0 Å². The smallest absolute Gasteiger partial charge is 0.0726 e. The highest BCUT2D eigenvalue weighted by Crippen LogP contribution is 2.63. The van der Waals surface area contributed by atoms with Crippen LogP contribution in [0.25, 0.3) is 22.3 Å². The maximum Gasteiger partial charge on any atom is 0.0726 e. The van der Waals surface area contributed by atoms with E-state index < -0.39 is 0 Å². The summed E-state index contributed by atoms with van der Waals surface area (Å²) in [5.74, 6) is 0.282. The Hall–Kier alpha value is -5.66. The maximum absolute atomic E-state index is 2.51. The molecule has 7 aromatic rings. The molecule has 1 nitrogen and oxygen atoms in total. The first kappa shape index (κ1) is 25.6. The Kier molecular flexibility index (Phi) is 5.39. The number of benzene rings is 7. The van der Waals surface area contributed by atoms with Crippen molar-refractivity contribution in [3.8, 4) is 22.3 Å². The van der Waals surface area contributed by atoms with Crippen LogP contribution in [-0.4, -0.2) is 0 Å². The van der Waals surface area contributed by atoms with Gasteiger partial charge in [-0.2, -0.15) is 0 Å². The zero-order valence-electron chi connectivity index (χ0n) is 25.4. The molecule has 0 bridgehead atoms. The van der Waals surface area contributed by atoms with Gasteiger partial charge in [0.25, 0.3) is 0 Å². The fourth-order valence-electron chi connectivity index (χ4n) is 8.84. The molecule has 1 heterocycles. The first-order valence-electron chi connectivity index (χ1n) is 16.3. The number of para-hydroxylation sites is 2. The predicted molar refractivity (Wildman–Crippen MR) is 189 cm³/mol. The monoisotopic (exact) mass is 585 g/mol. The molecule has 0 amide bonds. The zero-order valence-corrected chi connectivity index (χ0v) is 25.4. The largest absolute Gasteiger partial charge is 0.310 e. The Balaban J connectivity index is 1.22. The lowest BCUT2D eigenvalue weighted by Crippen LogP contribution is -2.27. The van der Waals surface area contributed by atoms with Crippen LogP contribution in [0.15, 0.2) is 170 Å². The molecule has 1 aliphatic heterocycles. The zero-order chi connectivity index (χ0) is 30.2. The molecule has 216 valence electrons. The molecule has 10 rings (SSSR count). The molecule has 3 aliphatic rings. The minimum Gasteiger partial charge on any atom is -0.310 e. The van der Waals surface area contributed by atoms with E-state index in [4.69, 9.17) is 0 Å². The Morgan fingerprint density at radius 3 is 1.43 bits per heavy atom. The summed E-state index contributed by atoms with van der Waals surface area (Å²) in [5, 5.41) is 0. The lowest BCUT2D eigenvalue weighted by Gasteiger charge is -2.38. The normalized spacial score (nSPS) is 14.7. The molecule has 0 saturated heterocycles. The van der Waals surface area contributed by atoms with Crippen molar-refractivity contribution in [3.63, 3.8) is 0 Å². The summed E-state index contributed by atoms with van der Waals surface area (Å²) in [6.07, 6.45) is 0.971. The van der Waals surface area contributed by atoms with Crippen molar-refractivity contribution in [2.75, 3.05) is 4.90 Å². The van der Waals surface area contributed by atoms with Crippen molar-refractivity contribution >= 4 is 17.1 Å². The molecule has 7 aromatic carbocycles. The van der Waals surface area contributed by atoms with Crippen LogP contribution in [0.4, 0.5) is 17.1 Å². The van der Waals surface area contributed by atoms with Crippen LogP contribution in [0.3, 0.4) is 0 Å². The molecule has 46 heavy (non-hydrogen) atoms. The summed E-state index contributed by atoms with van der Waals surface area (Å²) >= 11 is 0. The summed E-state index contributed by atoms with van der Waals surface area (Å²) in [4.78, 5) is 2.51. The number of hydrogen-bond donors (Lipinski definition) is 0. The lowest BCUT2D eigenvalue weighted by atomic mass is 9.70. The fourth-order valence-corrected chi connectivity index (χ4v) is 8.84. The average Bonchev–Trinajstić information content (AvgIpc) is 3.59. The molecule has 0 N–H and O–H groups in total. The van der Waals surface area contributed by atoms with E-state index in [9.17, 15) is 0 Å². The topological polar surface area (TPSA) is 3.24 Å². The summed E-state index contributed by atoms with van der Waals surface area (Å²) in [6.45, 7) is 0. The minimum atomic E-state index is -0.361. The molecule has 0 unspecified atom stereocenters. The number of rotatable bonds is 3. The SMILES string of the molecule is c1ccc(CC2c3ccccc3N(c3ccc4c(c3)C3(c5ccccc5-c5ccccc53)c3ccccc3-4)c3ccccc32)cc1. The first-order valence-corrected chi connectivity index (χ1v) is 16.3. The van der Waals surface area contributed by atoms with E-state index >= 15 is 0 Å². The summed E-state index contributed by atoms with van der Waals surface area (Å²) in [6, 6.07) is 63.4. The van der Waals surface area contributed by atoms with Gasteiger partial charge in [-0.05, 0) is 91.9 Å². The molecule has 2 aliphatic carbocycles. The van der Waals surface area contributed by atoms with Crippen LogP contribution in [-0.2, 0) is 11.8 Å². The molecule has 0 atom stereocenters. The number of nitrogens with zero attached hydrogens (tertiary/aromatic N) is 1. The van der Waals surface area contributed by atoms with Gasteiger partial charge in [0.2, 0.25) is 0 Å². The van der Waals surface area contributed by atoms with E-state index in [0.717, 1.165) is 6.42 Å². The van der Waals surface area contributed by atoms with Crippen LogP contribution < -0.4 is 4.90 Å². The van der Waals surface area contributed by atoms with Gasteiger partial charge in [0.1, 0.15) is 0 Å². The molecule has 0 aromatic heterocycles. The standard InChI is InChI=1S/C45H31N/c1-2-14-30(15-3-1)28-38-36-19-7-12-24-43(36)46(44-25-13-8-20-37(38)44)31-26-27-35-34-18-6-11-23-41(34)45(42(35)29-31)39-21-9-4-16-32(39)33-17-5-10-22-40(33)45/h1-27,29,38H,28H2. The number of hydrogen-bond acceptors (Lipinski definition) is 1. The van der Waals surface area contributed by atoms with Gasteiger partial charge < -0.3 is 4.90 Å². The van der Waals surface area contributed by atoms with E-state index in [1.165, 1.54) is 78.3 Å². The van der Waals surface area contributed by atoms with Crippen LogP contribution in [0, 0.1) is 0 Å². The van der Waals surface area contributed by atoms with E-state index in [0.29, 0.717) is 0 Å². The highest BCUT2D eigenvalue weighted by molar-refractivity contribution is 5.96. The van der Waals surface area contributed by atoms with Gasteiger partial charge in [0.05, 0.1) is 5.41 Å². The first-order chi connectivity index (χ1) is 22.8. The second kappa shape index (κ2) is 9.67. The molecule has 0 radical (unpaired) electrons. The van der Waals surface area contributed by atoms with Crippen molar-refractivity contribution in [1.82, 2.24) is 0 Å². The van der Waals surface area contributed by atoms with Crippen molar-refractivity contribution in [2.45, 2.75) is 17.8 Å². The van der Waals surface area contributed by atoms with Gasteiger partial charge in [-0.15, -0.1) is 0 Å². The minimum absolute atomic E-state index is 0.282. The number of anilines is 3. The van der Waals surface area contributed by atoms with Gasteiger partial charge in [-0.25, -0.2) is 0 Å². The van der Waals surface area contributed by atoms with Crippen molar-refractivity contribution in [3.05, 3.63) is 209 Å². The van der Waals surface area contributed by atoms with Gasteiger partial charge in [0, 0.05) is 23.0 Å². The number of fused-ring (bicyclic) bond motifs is 12. The predicted octanol–water partition coefficient (Wildman–Crippen LogP) is 11.2. The quantitative estimate of drug-likeness (QED) is 0.199. The van der Waals surface area contributed by atoms with Gasteiger partial charge in [-0.3, -0.25) is 0 Å². The second-order valence-corrected chi connectivity index (χ2v) is 12.8. The van der Waals surface area contributed by atoms with Gasteiger partial charge in [-0.1, -0.05) is 146 Å². The molecular formula is C45H31N.